The first kappa shape index (κ1) is 17.4. The summed E-state index contributed by atoms with van der Waals surface area (Å²) in [5.41, 5.74) is 2.59. The van der Waals surface area contributed by atoms with E-state index in [0.29, 0.717) is 17.1 Å². The molecule has 138 valence electrons. The Hall–Kier alpha value is -4.00. The van der Waals surface area contributed by atoms with Crippen LogP contribution in [0.1, 0.15) is 16.9 Å². The number of rotatable bonds is 4. The Bertz CT molecular complexity index is 1140. The topological polar surface area (TPSA) is 94.9 Å². The Balaban J connectivity index is 1.59. The van der Waals surface area contributed by atoms with Gasteiger partial charge < -0.3 is 9.15 Å². The van der Waals surface area contributed by atoms with Gasteiger partial charge in [-0.2, -0.15) is 0 Å². The molecule has 0 N–H and O–H groups in total. The molecule has 0 radical (unpaired) electrons. The Morgan fingerprint density at radius 3 is 2.54 bits per heavy atom. The summed E-state index contributed by atoms with van der Waals surface area (Å²) in [4.78, 5) is 26.7. The quantitative estimate of drug-likeness (QED) is 0.290. The van der Waals surface area contributed by atoms with Crippen molar-refractivity contribution in [3.8, 4) is 11.3 Å². The molecule has 0 unspecified atom stereocenters. The van der Waals surface area contributed by atoms with Crippen LogP contribution in [0.5, 0.6) is 0 Å². The number of nitro groups is 1. The SMILES string of the molecule is Cc1cccc(C2=N/C(=C/c3ccc(-c4ccc([N+](=O)[O-])cc4)o3)C(=O)O2)c1. The van der Waals surface area contributed by atoms with Crippen LogP contribution < -0.4 is 0 Å². The Labute approximate surface area is 159 Å². The second kappa shape index (κ2) is 6.96. The zero-order valence-electron chi connectivity index (χ0n) is 14.8. The van der Waals surface area contributed by atoms with Crippen LogP contribution in [0.25, 0.3) is 17.4 Å². The van der Waals surface area contributed by atoms with E-state index in [9.17, 15) is 14.9 Å². The highest BCUT2D eigenvalue weighted by atomic mass is 16.6. The predicted octanol–water partition coefficient (Wildman–Crippen LogP) is 4.51. The van der Waals surface area contributed by atoms with E-state index in [-0.39, 0.29) is 17.3 Å². The number of nitrogens with zero attached hydrogens (tertiary/aromatic N) is 2. The third kappa shape index (κ3) is 3.45. The molecule has 0 spiro atoms. The average Bonchev–Trinajstić information content (AvgIpc) is 3.29. The molecule has 2 aromatic carbocycles. The van der Waals surface area contributed by atoms with Gasteiger partial charge in [-0.15, -0.1) is 0 Å². The molecule has 0 bridgehead atoms. The van der Waals surface area contributed by atoms with Gasteiger partial charge in [-0.1, -0.05) is 17.7 Å². The standard InChI is InChI=1S/C21H14N2O5/c1-13-3-2-4-15(11-13)20-22-18(21(24)28-20)12-17-9-10-19(27-17)14-5-7-16(8-6-14)23(25)26/h2-12H,1H3/b18-12+. The van der Waals surface area contributed by atoms with Crippen molar-refractivity contribution < 1.29 is 18.9 Å². The van der Waals surface area contributed by atoms with Gasteiger partial charge >= 0.3 is 5.97 Å². The molecule has 1 aromatic heterocycles. The Morgan fingerprint density at radius 1 is 1.04 bits per heavy atom. The van der Waals surface area contributed by atoms with Crippen LogP contribution in [0, 0.1) is 17.0 Å². The summed E-state index contributed by atoms with van der Waals surface area (Å²) in [6, 6.07) is 16.9. The summed E-state index contributed by atoms with van der Waals surface area (Å²) < 4.78 is 11.0. The number of benzene rings is 2. The summed E-state index contributed by atoms with van der Waals surface area (Å²) in [7, 11) is 0. The monoisotopic (exact) mass is 374 g/mol. The summed E-state index contributed by atoms with van der Waals surface area (Å²) in [6.45, 7) is 1.94. The molecular weight excluding hydrogens is 360 g/mol. The molecule has 0 saturated carbocycles. The molecule has 0 fully saturated rings. The number of furan rings is 1. The summed E-state index contributed by atoms with van der Waals surface area (Å²) >= 11 is 0. The number of hydrogen-bond acceptors (Lipinski definition) is 6. The second-order valence-corrected chi connectivity index (χ2v) is 6.21. The molecular formula is C21H14N2O5. The molecule has 0 amide bonds. The van der Waals surface area contributed by atoms with Crippen LogP contribution >= 0.6 is 0 Å². The lowest BCUT2D eigenvalue weighted by molar-refractivity contribution is -0.384. The van der Waals surface area contributed by atoms with Crippen LogP contribution in [0.2, 0.25) is 0 Å². The number of esters is 1. The number of aryl methyl sites for hydroxylation is 1. The maximum atomic E-state index is 12.1. The fourth-order valence-electron chi connectivity index (χ4n) is 2.78. The first-order valence-corrected chi connectivity index (χ1v) is 8.44. The molecule has 2 heterocycles. The van der Waals surface area contributed by atoms with Crippen molar-refractivity contribution in [1.82, 2.24) is 0 Å². The highest BCUT2D eigenvalue weighted by molar-refractivity contribution is 6.12. The fourth-order valence-corrected chi connectivity index (χ4v) is 2.78. The predicted molar refractivity (Wildman–Crippen MR) is 103 cm³/mol. The van der Waals surface area contributed by atoms with Crippen molar-refractivity contribution in [2.45, 2.75) is 6.92 Å². The summed E-state index contributed by atoms with van der Waals surface area (Å²) in [5, 5.41) is 10.7. The molecule has 0 atom stereocenters. The number of hydrogen-bond donors (Lipinski definition) is 0. The van der Waals surface area contributed by atoms with Gasteiger partial charge in [0, 0.05) is 29.3 Å². The molecule has 7 heteroatoms. The smallest absolute Gasteiger partial charge is 0.363 e. The fraction of sp³-hybridized carbons (Fsp3) is 0.0476. The summed E-state index contributed by atoms with van der Waals surface area (Å²) in [6.07, 6.45) is 1.50. The number of carbonyl (C=O) groups excluding carboxylic acids is 1. The van der Waals surface area contributed by atoms with Gasteiger partial charge in [-0.25, -0.2) is 9.79 Å². The van der Waals surface area contributed by atoms with E-state index >= 15 is 0 Å². The highest BCUT2D eigenvalue weighted by Crippen LogP contribution is 2.26. The minimum Gasteiger partial charge on any atom is -0.457 e. The number of non-ortho nitro benzene ring substituents is 1. The molecule has 28 heavy (non-hydrogen) atoms. The number of aliphatic imine (C=N–C) groups is 1. The normalized spacial score (nSPS) is 14.8. The van der Waals surface area contributed by atoms with E-state index in [1.165, 1.54) is 18.2 Å². The van der Waals surface area contributed by atoms with Crippen LogP contribution in [-0.4, -0.2) is 16.8 Å². The lowest BCUT2D eigenvalue weighted by Crippen LogP contribution is -2.05. The van der Waals surface area contributed by atoms with Gasteiger partial charge in [0.25, 0.3) is 5.69 Å². The van der Waals surface area contributed by atoms with E-state index < -0.39 is 10.9 Å². The molecule has 3 aromatic rings. The van der Waals surface area contributed by atoms with E-state index in [4.69, 9.17) is 9.15 Å². The first-order chi connectivity index (χ1) is 13.5. The van der Waals surface area contributed by atoms with Crippen molar-refractivity contribution >= 4 is 23.6 Å². The van der Waals surface area contributed by atoms with E-state index in [1.807, 2.05) is 31.2 Å². The molecule has 1 aliphatic heterocycles. The van der Waals surface area contributed by atoms with Gasteiger partial charge in [-0.05, 0) is 43.3 Å². The zero-order valence-corrected chi connectivity index (χ0v) is 14.8. The lowest BCUT2D eigenvalue weighted by Gasteiger charge is -1.99. The molecule has 7 nitrogen and oxygen atoms in total. The van der Waals surface area contributed by atoms with Crippen molar-refractivity contribution in [3.05, 3.63) is 93.4 Å². The van der Waals surface area contributed by atoms with Crippen LogP contribution in [0.15, 0.2) is 75.8 Å². The number of ether oxygens (including phenoxy) is 1. The van der Waals surface area contributed by atoms with Crippen molar-refractivity contribution in [3.63, 3.8) is 0 Å². The largest absolute Gasteiger partial charge is 0.457 e. The van der Waals surface area contributed by atoms with Gasteiger partial charge in [-0.3, -0.25) is 10.1 Å². The molecule has 0 aliphatic carbocycles. The van der Waals surface area contributed by atoms with E-state index in [0.717, 1.165) is 11.1 Å². The molecule has 0 saturated heterocycles. The maximum Gasteiger partial charge on any atom is 0.363 e. The van der Waals surface area contributed by atoms with Gasteiger partial charge in [0.15, 0.2) is 5.70 Å². The number of cyclic esters (lactones) is 1. The average molecular weight is 374 g/mol. The first-order valence-electron chi connectivity index (χ1n) is 8.44. The van der Waals surface area contributed by atoms with Crippen LogP contribution in [-0.2, 0) is 9.53 Å². The third-order valence-corrected chi connectivity index (χ3v) is 4.15. The Morgan fingerprint density at radius 2 is 1.82 bits per heavy atom. The minimum atomic E-state index is -0.551. The summed E-state index contributed by atoms with van der Waals surface area (Å²) in [5.74, 6) is 0.650. The van der Waals surface area contributed by atoms with Gasteiger partial charge in [0.05, 0.1) is 4.92 Å². The maximum absolute atomic E-state index is 12.1. The minimum absolute atomic E-state index is 0.00404. The van der Waals surface area contributed by atoms with Gasteiger partial charge in [0.1, 0.15) is 11.5 Å². The van der Waals surface area contributed by atoms with Crippen molar-refractivity contribution in [1.29, 1.82) is 0 Å². The third-order valence-electron chi connectivity index (χ3n) is 4.15. The Kier molecular flexibility index (Phi) is 4.33. The number of nitro benzene ring substituents is 1. The van der Waals surface area contributed by atoms with Crippen LogP contribution in [0.3, 0.4) is 0 Å². The molecule has 4 rings (SSSR count). The van der Waals surface area contributed by atoms with E-state index in [2.05, 4.69) is 4.99 Å². The van der Waals surface area contributed by atoms with Crippen molar-refractivity contribution in [2.75, 3.05) is 0 Å². The van der Waals surface area contributed by atoms with Gasteiger partial charge in [0.2, 0.25) is 5.90 Å². The number of carbonyl (C=O) groups is 1. The highest BCUT2D eigenvalue weighted by Gasteiger charge is 2.24. The molecule has 1 aliphatic rings. The van der Waals surface area contributed by atoms with Crippen molar-refractivity contribution in [2.24, 2.45) is 4.99 Å². The van der Waals surface area contributed by atoms with E-state index in [1.54, 1.807) is 24.3 Å². The van der Waals surface area contributed by atoms with Crippen LogP contribution in [0.4, 0.5) is 5.69 Å². The second-order valence-electron chi connectivity index (χ2n) is 6.21. The zero-order chi connectivity index (χ0) is 19.7. The lowest BCUT2D eigenvalue weighted by atomic mass is 10.1.